The molecular formula is C17H13BrFNO3. The Bertz CT molecular complexity index is 746. The van der Waals surface area contributed by atoms with E-state index in [-0.39, 0.29) is 0 Å². The molecule has 0 aliphatic carbocycles. The standard InChI is InChI=1S/C17H13BrFNO3/c18-15-7-2-1-4-12(15)8-9-17(22)23-11-16(21)20-14-6-3-5-13(19)10-14/h1-10H,11H2,(H,20,21)/b9-8+. The summed E-state index contributed by atoms with van der Waals surface area (Å²) in [5.74, 6) is -1.65. The summed E-state index contributed by atoms with van der Waals surface area (Å²) in [5.41, 5.74) is 1.11. The maximum absolute atomic E-state index is 13.0. The number of anilines is 1. The van der Waals surface area contributed by atoms with Gasteiger partial charge in [0.15, 0.2) is 6.61 Å². The third kappa shape index (κ3) is 5.67. The van der Waals surface area contributed by atoms with Crippen LogP contribution in [0.15, 0.2) is 59.1 Å². The Morgan fingerprint density at radius 1 is 1.17 bits per heavy atom. The van der Waals surface area contributed by atoms with Gasteiger partial charge in [-0.1, -0.05) is 40.2 Å². The third-order valence-corrected chi connectivity index (χ3v) is 3.48. The average molecular weight is 378 g/mol. The Balaban J connectivity index is 1.82. The first-order valence-corrected chi connectivity index (χ1v) is 7.48. The molecule has 0 saturated heterocycles. The first kappa shape index (κ1) is 16.9. The number of amides is 1. The van der Waals surface area contributed by atoms with Gasteiger partial charge in [0.2, 0.25) is 0 Å². The van der Waals surface area contributed by atoms with E-state index < -0.39 is 24.3 Å². The van der Waals surface area contributed by atoms with Gasteiger partial charge < -0.3 is 10.1 Å². The van der Waals surface area contributed by atoms with Gasteiger partial charge in [-0.15, -0.1) is 0 Å². The Hall–Kier alpha value is -2.47. The summed E-state index contributed by atoms with van der Waals surface area (Å²) in [6, 6.07) is 12.8. The van der Waals surface area contributed by atoms with Crippen LogP contribution in [0.2, 0.25) is 0 Å². The zero-order valence-electron chi connectivity index (χ0n) is 12.0. The van der Waals surface area contributed by atoms with Crippen LogP contribution in [0.4, 0.5) is 10.1 Å². The van der Waals surface area contributed by atoms with Crippen LogP contribution in [-0.2, 0) is 14.3 Å². The van der Waals surface area contributed by atoms with Crippen LogP contribution < -0.4 is 5.32 Å². The van der Waals surface area contributed by atoms with Gasteiger partial charge in [-0.05, 0) is 35.9 Å². The lowest BCUT2D eigenvalue weighted by molar-refractivity contribution is -0.142. The monoisotopic (exact) mass is 377 g/mol. The second-order valence-electron chi connectivity index (χ2n) is 4.52. The first-order chi connectivity index (χ1) is 11.0. The van der Waals surface area contributed by atoms with Crippen molar-refractivity contribution in [1.29, 1.82) is 0 Å². The van der Waals surface area contributed by atoms with Gasteiger partial charge in [-0.3, -0.25) is 4.79 Å². The van der Waals surface area contributed by atoms with Crippen molar-refractivity contribution in [3.05, 3.63) is 70.5 Å². The summed E-state index contributed by atoms with van der Waals surface area (Å²) >= 11 is 3.35. The summed E-state index contributed by atoms with van der Waals surface area (Å²) in [5, 5.41) is 2.43. The fourth-order valence-corrected chi connectivity index (χ4v) is 2.13. The van der Waals surface area contributed by atoms with E-state index in [9.17, 15) is 14.0 Å². The van der Waals surface area contributed by atoms with E-state index in [2.05, 4.69) is 21.2 Å². The Kier molecular flexibility index (Phi) is 6.05. The molecule has 23 heavy (non-hydrogen) atoms. The van der Waals surface area contributed by atoms with Gasteiger partial charge in [0.1, 0.15) is 5.82 Å². The van der Waals surface area contributed by atoms with Crippen LogP contribution in [0.3, 0.4) is 0 Å². The highest BCUT2D eigenvalue weighted by Crippen LogP contribution is 2.17. The number of benzene rings is 2. The minimum absolute atomic E-state index is 0.301. The molecule has 0 bridgehead atoms. The van der Waals surface area contributed by atoms with Crippen molar-refractivity contribution in [2.75, 3.05) is 11.9 Å². The molecule has 0 heterocycles. The third-order valence-electron chi connectivity index (χ3n) is 2.76. The number of ether oxygens (including phenoxy) is 1. The molecule has 1 amide bonds. The Labute approximate surface area is 141 Å². The summed E-state index contributed by atoms with van der Waals surface area (Å²) < 4.78 is 18.6. The van der Waals surface area contributed by atoms with Crippen LogP contribution in [0, 0.1) is 5.82 Å². The molecule has 1 N–H and O–H groups in total. The normalized spacial score (nSPS) is 10.5. The maximum Gasteiger partial charge on any atom is 0.331 e. The van der Waals surface area contributed by atoms with E-state index in [0.717, 1.165) is 10.0 Å². The minimum Gasteiger partial charge on any atom is -0.452 e. The van der Waals surface area contributed by atoms with E-state index in [0.29, 0.717) is 5.69 Å². The molecule has 0 fully saturated rings. The lowest BCUT2D eigenvalue weighted by atomic mass is 10.2. The molecule has 0 atom stereocenters. The lowest BCUT2D eigenvalue weighted by Gasteiger charge is -2.05. The number of nitrogens with one attached hydrogen (secondary N) is 1. The zero-order valence-corrected chi connectivity index (χ0v) is 13.5. The van der Waals surface area contributed by atoms with Gasteiger partial charge in [0, 0.05) is 16.2 Å². The van der Waals surface area contributed by atoms with Crippen LogP contribution in [0.5, 0.6) is 0 Å². The molecule has 0 spiro atoms. The van der Waals surface area contributed by atoms with Crippen molar-refractivity contribution < 1.29 is 18.7 Å². The maximum atomic E-state index is 13.0. The molecule has 2 aromatic carbocycles. The van der Waals surface area contributed by atoms with Crippen molar-refractivity contribution in [3.63, 3.8) is 0 Å². The molecule has 0 aliphatic heterocycles. The van der Waals surface area contributed by atoms with Crippen LogP contribution in [-0.4, -0.2) is 18.5 Å². The van der Waals surface area contributed by atoms with E-state index >= 15 is 0 Å². The van der Waals surface area contributed by atoms with Crippen molar-refractivity contribution in [3.8, 4) is 0 Å². The predicted octanol–water partition coefficient (Wildman–Crippen LogP) is 3.78. The van der Waals surface area contributed by atoms with E-state index in [1.165, 1.54) is 30.3 Å². The van der Waals surface area contributed by atoms with Gasteiger partial charge >= 0.3 is 5.97 Å². The lowest BCUT2D eigenvalue weighted by Crippen LogP contribution is -2.20. The number of carbonyl (C=O) groups excluding carboxylic acids is 2. The highest BCUT2D eigenvalue weighted by atomic mass is 79.9. The van der Waals surface area contributed by atoms with Crippen LogP contribution in [0.25, 0.3) is 6.08 Å². The molecule has 0 aliphatic rings. The summed E-state index contributed by atoms with van der Waals surface area (Å²) in [4.78, 5) is 23.2. The van der Waals surface area contributed by atoms with Crippen molar-refractivity contribution in [1.82, 2.24) is 0 Å². The average Bonchev–Trinajstić information content (AvgIpc) is 2.52. The molecule has 0 aromatic heterocycles. The van der Waals surface area contributed by atoms with Gasteiger partial charge in [0.05, 0.1) is 0 Å². The fraction of sp³-hybridized carbons (Fsp3) is 0.0588. The summed E-state index contributed by atoms with van der Waals surface area (Å²) in [6.07, 6.45) is 2.81. The van der Waals surface area contributed by atoms with E-state index in [1.807, 2.05) is 24.3 Å². The predicted molar refractivity (Wildman–Crippen MR) is 89.2 cm³/mol. The van der Waals surface area contributed by atoms with Crippen LogP contribution >= 0.6 is 15.9 Å². The van der Waals surface area contributed by atoms with Gasteiger partial charge in [0.25, 0.3) is 5.91 Å². The molecule has 0 unspecified atom stereocenters. The summed E-state index contributed by atoms with van der Waals surface area (Å²) in [7, 11) is 0. The second kappa shape index (κ2) is 8.24. The molecule has 6 heteroatoms. The highest BCUT2D eigenvalue weighted by Gasteiger charge is 2.06. The molecule has 0 saturated carbocycles. The number of rotatable bonds is 5. The number of hydrogen-bond acceptors (Lipinski definition) is 3. The second-order valence-corrected chi connectivity index (χ2v) is 5.38. The van der Waals surface area contributed by atoms with Crippen LogP contribution in [0.1, 0.15) is 5.56 Å². The molecule has 2 rings (SSSR count). The smallest absolute Gasteiger partial charge is 0.331 e. The van der Waals surface area contributed by atoms with Crippen molar-refractivity contribution in [2.45, 2.75) is 0 Å². The van der Waals surface area contributed by atoms with E-state index in [4.69, 9.17) is 4.74 Å². The molecule has 4 nitrogen and oxygen atoms in total. The number of esters is 1. The molecule has 2 aromatic rings. The topological polar surface area (TPSA) is 55.4 Å². The zero-order chi connectivity index (χ0) is 16.7. The van der Waals surface area contributed by atoms with Crippen molar-refractivity contribution in [2.24, 2.45) is 0 Å². The Morgan fingerprint density at radius 2 is 1.96 bits per heavy atom. The minimum atomic E-state index is -0.643. The number of carbonyl (C=O) groups is 2. The van der Waals surface area contributed by atoms with Gasteiger partial charge in [-0.2, -0.15) is 0 Å². The quantitative estimate of drug-likeness (QED) is 0.637. The van der Waals surface area contributed by atoms with E-state index in [1.54, 1.807) is 6.08 Å². The largest absolute Gasteiger partial charge is 0.452 e. The summed E-state index contributed by atoms with van der Waals surface area (Å²) in [6.45, 7) is -0.449. The number of halogens is 2. The van der Waals surface area contributed by atoms with Crippen molar-refractivity contribution >= 4 is 39.6 Å². The molecule has 0 radical (unpaired) electrons. The molecule has 118 valence electrons. The highest BCUT2D eigenvalue weighted by molar-refractivity contribution is 9.10. The van der Waals surface area contributed by atoms with Gasteiger partial charge in [-0.25, -0.2) is 9.18 Å². The SMILES string of the molecule is O=C(COC(=O)/C=C/c1ccccc1Br)Nc1cccc(F)c1. The molecular weight excluding hydrogens is 365 g/mol. The fourth-order valence-electron chi connectivity index (χ4n) is 1.72. The number of hydrogen-bond donors (Lipinski definition) is 1. The Morgan fingerprint density at radius 3 is 2.70 bits per heavy atom. The first-order valence-electron chi connectivity index (χ1n) is 6.69.